The standard InChI is InChI=1S/C17H12N4O4/c22-16(23)13-9-15(10-5-7-11(8-6-10)21(24)25)20-14-4-2-1-3-12(14)18-17(20)19-13/h1-9,15H,(H,18,19)(H,22,23)/t15-/m0/s1. The maximum atomic E-state index is 11.4. The molecule has 2 aromatic carbocycles. The van der Waals surface area contributed by atoms with Crippen LogP contribution in [0.3, 0.4) is 0 Å². The second-order valence-corrected chi connectivity index (χ2v) is 5.60. The molecular formula is C17H12N4O4. The molecule has 0 fully saturated rings. The van der Waals surface area contributed by atoms with Crippen LogP contribution in [0, 0.1) is 10.1 Å². The third-order valence-electron chi connectivity index (χ3n) is 4.12. The third kappa shape index (κ3) is 2.40. The molecule has 1 aliphatic heterocycles. The van der Waals surface area contributed by atoms with Crippen molar-refractivity contribution in [3.63, 3.8) is 0 Å². The zero-order valence-electron chi connectivity index (χ0n) is 12.8. The van der Waals surface area contributed by atoms with Crippen LogP contribution in [0.25, 0.3) is 11.0 Å². The predicted octanol–water partition coefficient (Wildman–Crippen LogP) is 2.93. The molecule has 1 atom stereocenters. The molecule has 0 aliphatic carbocycles. The molecule has 8 heteroatoms. The second-order valence-electron chi connectivity index (χ2n) is 5.60. The third-order valence-corrected chi connectivity index (χ3v) is 4.12. The molecule has 0 unspecified atom stereocenters. The summed E-state index contributed by atoms with van der Waals surface area (Å²) in [7, 11) is 0. The number of benzene rings is 2. The highest BCUT2D eigenvalue weighted by atomic mass is 16.6. The van der Waals surface area contributed by atoms with Gasteiger partial charge in [0.05, 0.1) is 22.0 Å². The summed E-state index contributed by atoms with van der Waals surface area (Å²) in [5.41, 5.74) is 2.31. The van der Waals surface area contributed by atoms with Crippen LogP contribution in [0.4, 0.5) is 11.6 Å². The van der Waals surface area contributed by atoms with E-state index in [1.165, 1.54) is 12.1 Å². The molecule has 1 aliphatic rings. The average Bonchev–Trinajstić information content (AvgIpc) is 2.99. The second kappa shape index (κ2) is 5.45. The Bertz CT molecular complexity index is 1040. The van der Waals surface area contributed by atoms with Gasteiger partial charge in [-0.2, -0.15) is 0 Å². The van der Waals surface area contributed by atoms with E-state index in [4.69, 9.17) is 0 Å². The average molecular weight is 336 g/mol. The highest BCUT2D eigenvalue weighted by Gasteiger charge is 2.27. The van der Waals surface area contributed by atoms with Crippen LogP contribution in [-0.4, -0.2) is 25.6 Å². The Kier molecular flexibility index (Phi) is 3.24. The van der Waals surface area contributed by atoms with Crippen molar-refractivity contribution in [2.45, 2.75) is 6.04 Å². The zero-order chi connectivity index (χ0) is 17.6. The minimum atomic E-state index is -1.09. The highest BCUT2D eigenvalue weighted by molar-refractivity contribution is 5.92. The van der Waals surface area contributed by atoms with Crippen molar-refractivity contribution in [3.8, 4) is 0 Å². The van der Waals surface area contributed by atoms with E-state index < -0.39 is 16.9 Å². The molecule has 124 valence electrons. The van der Waals surface area contributed by atoms with Crippen molar-refractivity contribution in [1.82, 2.24) is 9.55 Å². The number of carbonyl (C=O) groups is 1. The number of anilines is 1. The fourth-order valence-corrected chi connectivity index (χ4v) is 2.97. The first-order valence-corrected chi connectivity index (χ1v) is 7.48. The Morgan fingerprint density at radius 3 is 2.60 bits per heavy atom. The number of hydrogen-bond acceptors (Lipinski definition) is 5. The molecule has 0 radical (unpaired) electrons. The number of imidazole rings is 1. The largest absolute Gasteiger partial charge is 0.477 e. The number of hydrogen-bond donors (Lipinski definition) is 2. The number of para-hydroxylation sites is 2. The maximum absolute atomic E-state index is 11.4. The number of rotatable bonds is 3. The van der Waals surface area contributed by atoms with E-state index in [2.05, 4.69) is 10.3 Å². The van der Waals surface area contributed by atoms with Crippen LogP contribution in [0.15, 0.2) is 60.3 Å². The van der Waals surface area contributed by atoms with Gasteiger partial charge >= 0.3 is 5.97 Å². The van der Waals surface area contributed by atoms with E-state index in [9.17, 15) is 20.0 Å². The van der Waals surface area contributed by atoms with E-state index in [1.54, 1.807) is 18.2 Å². The summed E-state index contributed by atoms with van der Waals surface area (Å²) < 4.78 is 1.88. The molecule has 3 aromatic rings. The van der Waals surface area contributed by atoms with Gasteiger partial charge in [0.25, 0.3) is 5.69 Å². The normalized spacial score (nSPS) is 16.0. The van der Waals surface area contributed by atoms with Crippen molar-refractivity contribution >= 4 is 28.6 Å². The molecular weight excluding hydrogens is 324 g/mol. The Hall–Kier alpha value is -3.68. The van der Waals surface area contributed by atoms with Gasteiger partial charge < -0.3 is 10.4 Å². The van der Waals surface area contributed by atoms with Gasteiger partial charge in [-0.25, -0.2) is 9.78 Å². The number of allylic oxidation sites excluding steroid dienone is 1. The topological polar surface area (TPSA) is 110 Å². The van der Waals surface area contributed by atoms with Crippen LogP contribution in [0.5, 0.6) is 0 Å². The molecule has 0 saturated heterocycles. The maximum Gasteiger partial charge on any atom is 0.352 e. The van der Waals surface area contributed by atoms with E-state index in [1.807, 2.05) is 28.8 Å². The van der Waals surface area contributed by atoms with Crippen molar-refractivity contribution < 1.29 is 14.8 Å². The van der Waals surface area contributed by atoms with E-state index >= 15 is 0 Å². The van der Waals surface area contributed by atoms with Gasteiger partial charge in [0.2, 0.25) is 5.95 Å². The van der Waals surface area contributed by atoms with Crippen LogP contribution >= 0.6 is 0 Å². The van der Waals surface area contributed by atoms with Crippen molar-refractivity contribution in [1.29, 1.82) is 0 Å². The van der Waals surface area contributed by atoms with Gasteiger partial charge in [-0.15, -0.1) is 0 Å². The smallest absolute Gasteiger partial charge is 0.352 e. The number of carboxylic acids is 1. The fourth-order valence-electron chi connectivity index (χ4n) is 2.97. The number of non-ortho nitro benzene ring substituents is 1. The van der Waals surface area contributed by atoms with Gasteiger partial charge in [0.1, 0.15) is 5.70 Å². The lowest BCUT2D eigenvalue weighted by Gasteiger charge is -2.24. The van der Waals surface area contributed by atoms with E-state index in [-0.39, 0.29) is 11.4 Å². The molecule has 8 nitrogen and oxygen atoms in total. The lowest BCUT2D eigenvalue weighted by Crippen LogP contribution is -2.23. The predicted molar refractivity (Wildman–Crippen MR) is 90.3 cm³/mol. The van der Waals surface area contributed by atoms with Gasteiger partial charge in [0.15, 0.2) is 0 Å². The zero-order valence-corrected chi connectivity index (χ0v) is 12.8. The fraction of sp³-hybridized carbons (Fsp3) is 0.0588. The van der Waals surface area contributed by atoms with Gasteiger partial charge in [-0.1, -0.05) is 12.1 Å². The van der Waals surface area contributed by atoms with Crippen LogP contribution in [0.1, 0.15) is 11.6 Å². The number of nitro benzene ring substituents is 1. The van der Waals surface area contributed by atoms with Gasteiger partial charge in [-0.05, 0) is 35.9 Å². The number of nitrogens with one attached hydrogen (secondary N) is 1. The lowest BCUT2D eigenvalue weighted by atomic mass is 10.0. The van der Waals surface area contributed by atoms with Crippen LogP contribution in [-0.2, 0) is 4.79 Å². The first-order chi connectivity index (χ1) is 12.0. The number of aliphatic carboxylic acids is 1. The Morgan fingerprint density at radius 2 is 1.92 bits per heavy atom. The number of aromatic nitrogens is 2. The Morgan fingerprint density at radius 1 is 1.20 bits per heavy atom. The summed E-state index contributed by atoms with van der Waals surface area (Å²) in [4.78, 5) is 26.3. The van der Waals surface area contributed by atoms with Crippen molar-refractivity contribution in [2.75, 3.05) is 5.32 Å². The molecule has 0 spiro atoms. The summed E-state index contributed by atoms with van der Waals surface area (Å²) in [5, 5.41) is 23.0. The lowest BCUT2D eigenvalue weighted by molar-refractivity contribution is -0.384. The summed E-state index contributed by atoms with van der Waals surface area (Å²) in [6.45, 7) is 0. The Labute approximate surface area is 141 Å². The first kappa shape index (κ1) is 14.9. The van der Waals surface area contributed by atoms with Gasteiger partial charge in [-0.3, -0.25) is 14.7 Å². The SMILES string of the molecule is O=C(O)C1=C[C@@H](c2ccc([N+](=O)[O-])cc2)n2c(nc3ccccc32)N1. The summed E-state index contributed by atoms with van der Waals surface area (Å²) in [6.07, 6.45) is 1.57. The number of nitrogens with zero attached hydrogens (tertiary/aromatic N) is 3. The highest BCUT2D eigenvalue weighted by Crippen LogP contribution is 2.34. The molecule has 25 heavy (non-hydrogen) atoms. The molecule has 0 amide bonds. The first-order valence-electron chi connectivity index (χ1n) is 7.48. The number of carboxylic acid groups (broad SMARTS) is 1. The Balaban J connectivity index is 1.90. The van der Waals surface area contributed by atoms with Gasteiger partial charge in [0, 0.05) is 12.1 Å². The number of nitro groups is 1. The minimum Gasteiger partial charge on any atom is -0.477 e. The molecule has 4 rings (SSSR count). The van der Waals surface area contributed by atoms with Crippen LogP contribution in [0.2, 0.25) is 0 Å². The minimum absolute atomic E-state index is 0.0177. The summed E-state index contributed by atoms with van der Waals surface area (Å²) in [6, 6.07) is 13.1. The molecule has 2 N–H and O–H groups in total. The molecule has 2 heterocycles. The summed E-state index contributed by atoms with van der Waals surface area (Å²) >= 11 is 0. The van der Waals surface area contributed by atoms with E-state index in [0.717, 1.165) is 16.6 Å². The molecule has 0 saturated carbocycles. The van der Waals surface area contributed by atoms with Crippen LogP contribution < -0.4 is 5.32 Å². The molecule has 1 aromatic heterocycles. The van der Waals surface area contributed by atoms with E-state index in [0.29, 0.717) is 5.95 Å². The van der Waals surface area contributed by atoms with Crippen molar-refractivity contribution in [3.05, 3.63) is 76.0 Å². The quantitative estimate of drug-likeness (QED) is 0.562. The van der Waals surface area contributed by atoms with Crippen molar-refractivity contribution in [2.24, 2.45) is 0 Å². The number of fused-ring (bicyclic) bond motifs is 3. The monoisotopic (exact) mass is 336 g/mol. The summed E-state index contributed by atoms with van der Waals surface area (Å²) in [5.74, 6) is -0.672. The molecule has 0 bridgehead atoms.